The monoisotopic (exact) mass is 377 g/mol. The van der Waals surface area contributed by atoms with Crippen LogP contribution < -0.4 is 5.32 Å². The van der Waals surface area contributed by atoms with Crippen LogP contribution in [-0.4, -0.2) is 44.9 Å². The largest absolute Gasteiger partial charge is 0.355 e. The summed E-state index contributed by atoms with van der Waals surface area (Å²) in [7, 11) is 1.77. The van der Waals surface area contributed by atoms with Crippen molar-refractivity contribution >= 4 is 17.5 Å². The lowest BCUT2D eigenvalue weighted by Crippen LogP contribution is -2.35. The quantitative estimate of drug-likeness (QED) is 0.737. The fourth-order valence-electron chi connectivity index (χ4n) is 3.81. The lowest BCUT2D eigenvalue weighted by atomic mass is 9.92. The first-order chi connectivity index (χ1) is 13.5. The van der Waals surface area contributed by atoms with E-state index >= 15 is 0 Å². The Morgan fingerprint density at radius 2 is 1.96 bits per heavy atom. The van der Waals surface area contributed by atoms with E-state index in [0.29, 0.717) is 13.0 Å². The van der Waals surface area contributed by atoms with Gasteiger partial charge in [-0.1, -0.05) is 35.9 Å². The van der Waals surface area contributed by atoms with Crippen molar-refractivity contribution in [3.05, 3.63) is 65.6 Å². The molecule has 0 saturated carbocycles. The van der Waals surface area contributed by atoms with E-state index < -0.39 is 5.92 Å². The van der Waals surface area contributed by atoms with Crippen molar-refractivity contribution in [1.29, 1.82) is 0 Å². The Morgan fingerprint density at radius 3 is 2.75 bits per heavy atom. The summed E-state index contributed by atoms with van der Waals surface area (Å²) in [6.45, 7) is 2.47. The summed E-state index contributed by atoms with van der Waals surface area (Å²) in [6.07, 6.45) is 2.71. The van der Waals surface area contributed by atoms with Gasteiger partial charge in [0.1, 0.15) is 5.82 Å². The number of amides is 2. The number of benzene rings is 1. The third-order valence-corrected chi connectivity index (χ3v) is 5.37. The summed E-state index contributed by atoms with van der Waals surface area (Å²) in [4.78, 5) is 26.8. The maximum atomic E-state index is 12.8. The second kappa shape index (κ2) is 7.42. The van der Waals surface area contributed by atoms with Gasteiger partial charge < -0.3 is 10.2 Å². The number of carbonyl (C=O) groups excluding carboxylic acids is 2. The Hall–Kier alpha value is -3.22. The van der Waals surface area contributed by atoms with E-state index in [1.54, 1.807) is 11.9 Å². The van der Waals surface area contributed by atoms with Gasteiger partial charge in [-0.25, -0.2) is 0 Å². The number of aryl methyl sites for hydroxylation is 1. The zero-order chi connectivity index (χ0) is 19.7. The maximum absolute atomic E-state index is 12.8. The summed E-state index contributed by atoms with van der Waals surface area (Å²) in [6, 6.07) is 13.5. The lowest BCUT2D eigenvalue weighted by Gasteiger charge is -2.25. The lowest BCUT2D eigenvalue weighted by molar-refractivity contribution is -0.128. The molecule has 4 rings (SSSR count). The number of pyridine rings is 1. The van der Waals surface area contributed by atoms with Crippen LogP contribution in [0.15, 0.2) is 48.7 Å². The van der Waals surface area contributed by atoms with Crippen LogP contribution in [0.1, 0.15) is 29.4 Å². The molecule has 3 heterocycles. The van der Waals surface area contributed by atoms with Gasteiger partial charge in [-0.2, -0.15) is 0 Å². The molecular formula is C21H23N5O2. The summed E-state index contributed by atoms with van der Waals surface area (Å²) < 4.78 is 1.91. The number of nitrogens with zero attached hydrogens (tertiary/aromatic N) is 4. The molecule has 144 valence electrons. The van der Waals surface area contributed by atoms with Crippen LogP contribution in [0.25, 0.3) is 5.65 Å². The number of aromatic nitrogens is 3. The van der Waals surface area contributed by atoms with Crippen LogP contribution in [0, 0.1) is 12.8 Å². The van der Waals surface area contributed by atoms with Gasteiger partial charge in [-0.15, -0.1) is 10.2 Å². The molecule has 1 fully saturated rings. The maximum Gasteiger partial charge on any atom is 0.226 e. The Bertz CT molecular complexity index is 1010. The zero-order valence-corrected chi connectivity index (χ0v) is 16.0. The van der Waals surface area contributed by atoms with Gasteiger partial charge in [0.25, 0.3) is 0 Å². The fourth-order valence-corrected chi connectivity index (χ4v) is 3.81. The molecule has 2 atom stereocenters. The van der Waals surface area contributed by atoms with Gasteiger partial charge in [0, 0.05) is 32.6 Å². The highest BCUT2D eigenvalue weighted by Crippen LogP contribution is 2.37. The molecule has 2 aromatic heterocycles. The third-order valence-electron chi connectivity index (χ3n) is 5.37. The van der Waals surface area contributed by atoms with Crippen LogP contribution in [0.3, 0.4) is 0 Å². The molecule has 2 amide bonds. The highest BCUT2D eigenvalue weighted by Gasteiger charge is 2.42. The molecule has 3 aromatic rings. The predicted octanol–water partition coefficient (Wildman–Crippen LogP) is 1.92. The number of hydrogen-bond acceptors (Lipinski definition) is 4. The molecule has 1 N–H and O–H groups in total. The smallest absolute Gasteiger partial charge is 0.226 e. The third kappa shape index (κ3) is 3.35. The molecule has 0 spiro atoms. The highest BCUT2D eigenvalue weighted by molar-refractivity contribution is 5.90. The van der Waals surface area contributed by atoms with Gasteiger partial charge in [0.2, 0.25) is 11.8 Å². The normalized spacial score (nSPS) is 19.4. The van der Waals surface area contributed by atoms with Crippen molar-refractivity contribution in [2.24, 2.45) is 5.92 Å². The van der Waals surface area contributed by atoms with Gasteiger partial charge in [-0.05, 0) is 24.6 Å². The van der Waals surface area contributed by atoms with Gasteiger partial charge in [0.15, 0.2) is 5.65 Å². The molecule has 28 heavy (non-hydrogen) atoms. The molecule has 7 heteroatoms. The van der Waals surface area contributed by atoms with E-state index in [0.717, 1.165) is 22.6 Å². The minimum Gasteiger partial charge on any atom is -0.355 e. The second-order valence-corrected chi connectivity index (χ2v) is 7.26. The number of fused-ring (bicyclic) bond motifs is 1. The molecule has 1 aliphatic rings. The molecule has 1 saturated heterocycles. The van der Waals surface area contributed by atoms with Crippen molar-refractivity contribution in [2.45, 2.75) is 25.8 Å². The molecule has 0 bridgehead atoms. The topological polar surface area (TPSA) is 79.6 Å². The second-order valence-electron chi connectivity index (χ2n) is 7.26. The number of rotatable bonds is 5. The Kier molecular flexibility index (Phi) is 4.81. The Morgan fingerprint density at radius 1 is 1.18 bits per heavy atom. The average Bonchev–Trinajstić information content (AvgIpc) is 3.24. The average molecular weight is 377 g/mol. The van der Waals surface area contributed by atoms with E-state index in [1.165, 1.54) is 0 Å². The Labute approximate surface area is 163 Å². The highest BCUT2D eigenvalue weighted by atomic mass is 16.2. The van der Waals surface area contributed by atoms with Gasteiger partial charge >= 0.3 is 0 Å². The van der Waals surface area contributed by atoms with Crippen LogP contribution in [0.5, 0.6) is 0 Å². The SMILES string of the molecule is Cc1ccc(C2C(C(=O)NCCc3nnc4ccccn34)CC(=O)N2C)cc1. The Balaban J connectivity index is 1.44. The number of carbonyl (C=O) groups is 2. The molecular weight excluding hydrogens is 354 g/mol. The molecule has 0 radical (unpaired) electrons. The van der Waals surface area contributed by atoms with Crippen LogP contribution in [-0.2, 0) is 16.0 Å². The fraction of sp³-hybridized carbons (Fsp3) is 0.333. The molecule has 1 aliphatic heterocycles. The standard InChI is InChI=1S/C21H23N5O2/c1-14-6-8-15(9-7-14)20-16(13-19(27)25(20)2)21(28)22-11-10-18-24-23-17-5-3-4-12-26(17)18/h3-9,12,16,20H,10-11,13H2,1-2H3,(H,22,28). The molecule has 2 unspecified atom stereocenters. The number of nitrogens with one attached hydrogen (secondary N) is 1. The summed E-state index contributed by atoms with van der Waals surface area (Å²) in [5, 5.41) is 11.3. The first kappa shape index (κ1) is 18.2. The predicted molar refractivity (Wildman–Crippen MR) is 104 cm³/mol. The summed E-state index contributed by atoms with van der Waals surface area (Å²) >= 11 is 0. The van der Waals surface area contributed by atoms with Crippen molar-refractivity contribution in [3.63, 3.8) is 0 Å². The van der Waals surface area contributed by atoms with Crippen LogP contribution >= 0.6 is 0 Å². The zero-order valence-electron chi connectivity index (χ0n) is 16.0. The van der Waals surface area contributed by atoms with E-state index in [-0.39, 0.29) is 24.3 Å². The number of hydrogen-bond donors (Lipinski definition) is 1. The molecule has 1 aromatic carbocycles. The summed E-state index contributed by atoms with van der Waals surface area (Å²) in [5.41, 5.74) is 2.92. The van der Waals surface area contributed by atoms with Crippen LogP contribution in [0.4, 0.5) is 0 Å². The van der Waals surface area contributed by atoms with Crippen molar-refractivity contribution in [3.8, 4) is 0 Å². The van der Waals surface area contributed by atoms with Gasteiger partial charge in [-0.3, -0.25) is 14.0 Å². The minimum atomic E-state index is -0.393. The minimum absolute atomic E-state index is 0.00539. The first-order valence-electron chi connectivity index (χ1n) is 9.43. The summed E-state index contributed by atoms with van der Waals surface area (Å²) in [5.74, 6) is 0.298. The van der Waals surface area contributed by atoms with Crippen molar-refractivity contribution in [2.75, 3.05) is 13.6 Å². The van der Waals surface area contributed by atoms with E-state index in [2.05, 4.69) is 15.5 Å². The molecule has 7 nitrogen and oxygen atoms in total. The first-order valence-corrected chi connectivity index (χ1v) is 9.43. The van der Waals surface area contributed by atoms with Gasteiger partial charge in [0.05, 0.1) is 12.0 Å². The van der Waals surface area contributed by atoms with Crippen molar-refractivity contribution < 1.29 is 9.59 Å². The molecule has 0 aliphatic carbocycles. The number of likely N-dealkylation sites (tertiary alicyclic amines) is 1. The van der Waals surface area contributed by atoms with E-state index in [4.69, 9.17) is 0 Å². The van der Waals surface area contributed by atoms with E-state index in [9.17, 15) is 9.59 Å². The van der Waals surface area contributed by atoms with Crippen molar-refractivity contribution in [1.82, 2.24) is 24.8 Å². The van der Waals surface area contributed by atoms with E-state index in [1.807, 2.05) is 60.0 Å². The van der Waals surface area contributed by atoms with Crippen LogP contribution in [0.2, 0.25) is 0 Å².